The molecule has 0 N–H and O–H groups in total. The highest BCUT2D eigenvalue weighted by molar-refractivity contribution is 6.07. The van der Waals surface area contributed by atoms with E-state index in [1.807, 2.05) is 0 Å². The van der Waals surface area contributed by atoms with Crippen LogP contribution >= 0.6 is 0 Å². The second kappa shape index (κ2) is 4.41. The van der Waals surface area contributed by atoms with Gasteiger partial charge in [0.25, 0.3) is 0 Å². The summed E-state index contributed by atoms with van der Waals surface area (Å²) in [6, 6.07) is 11.2. The average molecular weight is 268 g/mol. The summed E-state index contributed by atoms with van der Waals surface area (Å²) in [6.07, 6.45) is 0. The minimum atomic E-state index is 0.0139. The van der Waals surface area contributed by atoms with Crippen molar-refractivity contribution in [1.29, 1.82) is 0 Å². The van der Waals surface area contributed by atoms with Crippen molar-refractivity contribution in [3.63, 3.8) is 0 Å². The maximum atomic E-state index is 2.52. The molecule has 1 aliphatic heterocycles. The zero-order chi connectivity index (χ0) is 14.5. The number of aryl methyl sites for hydroxylation is 1. The van der Waals surface area contributed by atoms with Crippen molar-refractivity contribution < 1.29 is 0 Å². The van der Waals surface area contributed by atoms with E-state index >= 15 is 0 Å². The van der Waals surface area contributed by atoms with Crippen LogP contribution in [0.4, 0.5) is 11.4 Å². The van der Waals surface area contributed by atoms with Gasteiger partial charge in [-0.3, -0.25) is 0 Å². The third kappa shape index (κ3) is 1.57. The van der Waals surface area contributed by atoms with Gasteiger partial charge in [-0.25, -0.2) is 0 Å². The highest BCUT2D eigenvalue weighted by Crippen LogP contribution is 2.45. The Bertz CT molecular complexity index is 638. The van der Waals surface area contributed by atoms with Gasteiger partial charge in [0, 0.05) is 29.9 Å². The van der Waals surface area contributed by atoms with Gasteiger partial charge in [-0.1, -0.05) is 18.2 Å². The third-order valence-corrected chi connectivity index (χ3v) is 4.75. The summed E-state index contributed by atoms with van der Waals surface area (Å²) in [6.45, 7) is 13.4. The summed E-state index contributed by atoms with van der Waals surface area (Å²) in [5.74, 6) is 0. The summed E-state index contributed by atoms with van der Waals surface area (Å²) in [7, 11) is 0. The van der Waals surface area contributed by atoms with E-state index in [1.165, 1.54) is 27.7 Å². The first-order valence-electron chi connectivity index (χ1n) is 7.60. The summed E-state index contributed by atoms with van der Waals surface area (Å²) < 4.78 is 0. The van der Waals surface area contributed by atoms with Crippen molar-refractivity contribution in [1.82, 2.24) is 0 Å². The Labute approximate surface area is 122 Å². The van der Waals surface area contributed by atoms with Crippen LogP contribution in [0.2, 0.25) is 0 Å². The fourth-order valence-electron chi connectivity index (χ4n) is 3.81. The average Bonchev–Trinajstić information content (AvgIpc) is 2.42. The van der Waals surface area contributed by atoms with Crippen LogP contribution in [0.5, 0.6) is 0 Å². The molecule has 0 radical (unpaired) electrons. The van der Waals surface area contributed by atoms with Crippen LogP contribution in [0.1, 0.15) is 33.3 Å². The fourth-order valence-corrected chi connectivity index (χ4v) is 3.81. The van der Waals surface area contributed by atoms with Crippen LogP contribution < -0.4 is 9.80 Å². The molecule has 0 unspecified atom stereocenters. The lowest BCUT2D eigenvalue weighted by Crippen LogP contribution is -2.59. The molecular formula is C18H24N2. The lowest BCUT2D eigenvalue weighted by molar-refractivity contribution is 0.437. The Kier molecular flexibility index (Phi) is 2.93. The molecule has 2 aromatic rings. The molecule has 0 spiro atoms. The van der Waals surface area contributed by atoms with Crippen LogP contribution in [-0.2, 0) is 0 Å². The molecule has 2 aromatic carbocycles. The van der Waals surface area contributed by atoms with Crippen molar-refractivity contribution >= 4 is 22.1 Å². The Morgan fingerprint density at radius 2 is 1.50 bits per heavy atom. The van der Waals surface area contributed by atoms with E-state index < -0.39 is 0 Å². The predicted molar refractivity (Wildman–Crippen MR) is 88.8 cm³/mol. The molecule has 0 fully saturated rings. The van der Waals surface area contributed by atoms with Crippen LogP contribution in [0.3, 0.4) is 0 Å². The molecule has 0 aliphatic carbocycles. The van der Waals surface area contributed by atoms with E-state index in [2.05, 4.69) is 74.8 Å². The molecule has 20 heavy (non-hydrogen) atoms. The predicted octanol–water partition coefficient (Wildman–Crippen LogP) is 4.55. The van der Waals surface area contributed by atoms with Gasteiger partial charge in [0.2, 0.25) is 0 Å². The molecule has 0 saturated heterocycles. The molecule has 0 bridgehead atoms. The standard InChI is InChI=1S/C18H24N2/c1-6-19-15-10-8-9-14-13(3)11-12-16(17(14)15)20(7-2)18(19,4)5/h8-12H,6-7H2,1-5H3. The highest BCUT2D eigenvalue weighted by atomic mass is 15.4. The van der Waals surface area contributed by atoms with Crippen LogP contribution in [-0.4, -0.2) is 18.8 Å². The van der Waals surface area contributed by atoms with Crippen molar-refractivity contribution in [3.8, 4) is 0 Å². The molecule has 0 saturated carbocycles. The molecule has 3 rings (SSSR count). The van der Waals surface area contributed by atoms with E-state index in [0.29, 0.717) is 0 Å². The Hall–Kier alpha value is -1.70. The number of anilines is 2. The molecule has 0 amide bonds. The normalized spacial score (nSPS) is 16.9. The van der Waals surface area contributed by atoms with Gasteiger partial charge < -0.3 is 9.80 Å². The van der Waals surface area contributed by atoms with Gasteiger partial charge in [0.05, 0.1) is 0 Å². The third-order valence-electron chi connectivity index (χ3n) is 4.75. The zero-order valence-corrected chi connectivity index (χ0v) is 13.2. The fraction of sp³-hybridized carbons (Fsp3) is 0.444. The van der Waals surface area contributed by atoms with Gasteiger partial charge in [0.1, 0.15) is 5.66 Å². The topological polar surface area (TPSA) is 6.48 Å². The molecule has 2 heteroatoms. The molecular weight excluding hydrogens is 244 g/mol. The first-order chi connectivity index (χ1) is 9.52. The number of nitrogens with zero attached hydrogens (tertiary/aromatic N) is 2. The minimum absolute atomic E-state index is 0.0139. The van der Waals surface area contributed by atoms with E-state index in [0.717, 1.165) is 13.1 Å². The van der Waals surface area contributed by atoms with Crippen LogP contribution in [0, 0.1) is 6.92 Å². The second-order valence-electron chi connectivity index (χ2n) is 6.08. The van der Waals surface area contributed by atoms with Gasteiger partial charge >= 0.3 is 0 Å². The van der Waals surface area contributed by atoms with Crippen LogP contribution in [0.15, 0.2) is 30.3 Å². The molecule has 106 valence electrons. The molecule has 0 atom stereocenters. The molecule has 0 aromatic heterocycles. The number of hydrogen-bond donors (Lipinski definition) is 0. The summed E-state index contributed by atoms with van der Waals surface area (Å²) in [5, 5.41) is 2.79. The second-order valence-corrected chi connectivity index (χ2v) is 6.08. The van der Waals surface area contributed by atoms with Crippen molar-refractivity contribution in [2.45, 2.75) is 40.3 Å². The van der Waals surface area contributed by atoms with Gasteiger partial charge in [0.15, 0.2) is 0 Å². The zero-order valence-electron chi connectivity index (χ0n) is 13.2. The van der Waals surface area contributed by atoms with Crippen molar-refractivity contribution in [3.05, 3.63) is 35.9 Å². The maximum absolute atomic E-state index is 2.52. The number of benzene rings is 2. The van der Waals surface area contributed by atoms with E-state index in [1.54, 1.807) is 0 Å². The summed E-state index contributed by atoms with van der Waals surface area (Å²) in [4.78, 5) is 5.04. The maximum Gasteiger partial charge on any atom is 0.107 e. The van der Waals surface area contributed by atoms with Crippen molar-refractivity contribution in [2.75, 3.05) is 22.9 Å². The summed E-state index contributed by atoms with van der Waals surface area (Å²) in [5.41, 5.74) is 4.12. The number of hydrogen-bond acceptors (Lipinski definition) is 2. The van der Waals surface area contributed by atoms with Gasteiger partial charge in [-0.05, 0) is 57.7 Å². The van der Waals surface area contributed by atoms with Crippen molar-refractivity contribution in [2.24, 2.45) is 0 Å². The molecule has 1 heterocycles. The highest BCUT2D eigenvalue weighted by Gasteiger charge is 2.38. The largest absolute Gasteiger partial charge is 0.349 e. The van der Waals surface area contributed by atoms with Gasteiger partial charge in [-0.2, -0.15) is 0 Å². The number of rotatable bonds is 2. The van der Waals surface area contributed by atoms with E-state index in [9.17, 15) is 0 Å². The molecule has 1 aliphatic rings. The first kappa shape index (κ1) is 13.3. The van der Waals surface area contributed by atoms with E-state index in [-0.39, 0.29) is 5.66 Å². The van der Waals surface area contributed by atoms with Gasteiger partial charge in [-0.15, -0.1) is 0 Å². The quantitative estimate of drug-likeness (QED) is 0.788. The lowest BCUT2D eigenvalue weighted by atomic mass is 9.94. The van der Waals surface area contributed by atoms with Crippen LogP contribution in [0.25, 0.3) is 10.8 Å². The summed E-state index contributed by atoms with van der Waals surface area (Å²) >= 11 is 0. The first-order valence-corrected chi connectivity index (χ1v) is 7.60. The smallest absolute Gasteiger partial charge is 0.107 e. The Balaban J connectivity index is 2.42. The molecule has 2 nitrogen and oxygen atoms in total. The minimum Gasteiger partial charge on any atom is -0.349 e. The SMILES string of the molecule is CCN1c2cccc3c(C)ccc(c23)N(CC)C1(C)C. The van der Waals surface area contributed by atoms with E-state index in [4.69, 9.17) is 0 Å². The Morgan fingerprint density at radius 1 is 0.900 bits per heavy atom. The Morgan fingerprint density at radius 3 is 2.10 bits per heavy atom. The monoisotopic (exact) mass is 268 g/mol. The lowest BCUT2D eigenvalue weighted by Gasteiger charge is -2.52.